The number of nitrogens with zero attached hydrogens (tertiary/aromatic N) is 1. The van der Waals surface area contributed by atoms with Gasteiger partial charge in [-0.15, -0.1) is 4.73 Å². The summed E-state index contributed by atoms with van der Waals surface area (Å²) in [5.74, 6) is -5.35. The second kappa shape index (κ2) is 7.97. The van der Waals surface area contributed by atoms with E-state index in [1.54, 1.807) is 0 Å². The Kier molecular flexibility index (Phi) is 2.96. The average molecular weight is 394 g/mol. The smallest absolute Gasteiger partial charge is 0.335 e. The SMILES string of the molecule is [2H]C1([2H])C([2H])([2H])C([2H])([2H])C([2H])(c2cc(C)c(=O)n(O[C@H]3OC(C(=O)O)[C@H](O)C(O)[C@H]3O)c2)C([2H])([2H])C1([2H])[2H]. The maximum absolute atomic E-state index is 12.7. The van der Waals surface area contributed by atoms with Crippen molar-refractivity contribution in [2.24, 2.45) is 0 Å². The van der Waals surface area contributed by atoms with Crippen LogP contribution in [-0.4, -0.2) is 61.8 Å². The molecule has 150 valence electrons. The van der Waals surface area contributed by atoms with Crippen LogP contribution in [0.25, 0.3) is 0 Å². The lowest BCUT2D eigenvalue weighted by Crippen LogP contribution is -2.62. The largest absolute Gasteiger partial charge is 0.479 e. The minimum absolute atomic E-state index is 0.165. The Hall–Kier alpha value is -1.94. The number of aliphatic hydroxyl groups is 3. The Bertz CT molecular complexity index is 1160. The summed E-state index contributed by atoms with van der Waals surface area (Å²) in [7, 11) is 0. The van der Waals surface area contributed by atoms with Gasteiger partial charge in [0.15, 0.2) is 6.10 Å². The predicted molar refractivity (Wildman–Crippen MR) is 92.2 cm³/mol. The van der Waals surface area contributed by atoms with Gasteiger partial charge in [-0.2, -0.15) is 0 Å². The number of carbonyl (C=O) groups is 1. The molecule has 1 aliphatic heterocycles. The topological polar surface area (TPSA) is 138 Å². The molecule has 0 spiro atoms. The molecule has 1 saturated heterocycles. The van der Waals surface area contributed by atoms with E-state index < -0.39 is 91.1 Å². The molecule has 0 amide bonds. The van der Waals surface area contributed by atoms with Crippen LogP contribution in [0.4, 0.5) is 0 Å². The normalized spacial score (nSPS) is 48.7. The molecule has 1 aromatic heterocycles. The van der Waals surface area contributed by atoms with Gasteiger partial charge in [0.25, 0.3) is 11.8 Å². The summed E-state index contributed by atoms with van der Waals surface area (Å²) < 4.78 is 95.5. The van der Waals surface area contributed by atoms with Crippen LogP contribution < -0.4 is 10.4 Å². The van der Waals surface area contributed by atoms with Crippen molar-refractivity contribution in [1.82, 2.24) is 4.73 Å². The molecule has 4 N–H and O–H groups in total. The van der Waals surface area contributed by atoms with Crippen molar-refractivity contribution in [1.29, 1.82) is 0 Å². The number of pyridine rings is 1. The van der Waals surface area contributed by atoms with E-state index in [2.05, 4.69) is 0 Å². The van der Waals surface area contributed by atoms with Crippen LogP contribution in [0, 0.1) is 6.92 Å². The highest BCUT2D eigenvalue weighted by atomic mass is 16.8. The fourth-order valence-electron chi connectivity index (χ4n) is 2.55. The molecule has 9 heteroatoms. The molecule has 27 heavy (non-hydrogen) atoms. The first-order valence-corrected chi connectivity index (χ1v) is 7.77. The molecule has 0 radical (unpaired) electrons. The Morgan fingerprint density at radius 1 is 1.26 bits per heavy atom. The van der Waals surface area contributed by atoms with E-state index in [4.69, 9.17) is 24.7 Å². The molecular formula is C18H25NO8. The van der Waals surface area contributed by atoms with Gasteiger partial charge in [0.1, 0.15) is 18.3 Å². The van der Waals surface area contributed by atoms with Crippen molar-refractivity contribution in [2.45, 2.75) is 75.4 Å². The van der Waals surface area contributed by atoms with Crippen molar-refractivity contribution in [3.63, 3.8) is 0 Å². The molecule has 1 saturated carbocycles. The maximum atomic E-state index is 12.7. The van der Waals surface area contributed by atoms with Crippen LogP contribution in [0.5, 0.6) is 0 Å². The Labute approximate surface area is 171 Å². The fraction of sp³-hybridized carbons (Fsp3) is 0.667. The van der Waals surface area contributed by atoms with Crippen molar-refractivity contribution < 1.29 is 49.9 Å². The zero-order valence-corrected chi connectivity index (χ0v) is 13.9. The van der Waals surface area contributed by atoms with Crippen LogP contribution in [-0.2, 0) is 9.53 Å². The van der Waals surface area contributed by atoms with E-state index in [0.29, 0.717) is 6.20 Å². The zero-order valence-electron chi connectivity index (χ0n) is 24.9. The van der Waals surface area contributed by atoms with Gasteiger partial charge in [-0.25, -0.2) is 4.79 Å². The summed E-state index contributed by atoms with van der Waals surface area (Å²) >= 11 is 0. The minimum atomic E-state index is -3.80. The number of aliphatic hydroxyl groups excluding tert-OH is 3. The molecule has 0 bridgehead atoms. The van der Waals surface area contributed by atoms with Crippen molar-refractivity contribution in [2.75, 3.05) is 0 Å². The molecule has 2 unspecified atom stereocenters. The van der Waals surface area contributed by atoms with E-state index >= 15 is 0 Å². The molecular weight excluding hydrogens is 358 g/mol. The highest BCUT2D eigenvalue weighted by Crippen LogP contribution is 2.32. The number of aryl methyl sites for hydroxylation is 1. The molecule has 9 nitrogen and oxygen atoms in total. The highest BCUT2D eigenvalue weighted by Gasteiger charge is 2.48. The third kappa shape index (κ3) is 4.01. The molecule has 2 aliphatic rings. The third-order valence-corrected chi connectivity index (χ3v) is 3.98. The van der Waals surface area contributed by atoms with E-state index in [0.717, 1.165) is 13.0 Å². The second-order valence-corrected chi connectivity index (χ2v) is 5.88. The summed E-state index contributed by atoms with van der Waals surface area (Å²) in [6, 6.07) is 0.759. The number of aliphatic carboxylic acids is 1. The lowest BCUT2D eigenvalue weighted by Gasteiger charge is -2.38. The van der Waals surface area contributed by atoms with Gasteiger partial charge in [-0.05, 0) is 37.2 Å². The number of ether oxygens (including phenoxy) is 1. The first kappa shape index (κ1) is 10.0. The molecule has 2 fully saturated rings. The standard InChI is InChI=1S/C18H25NO8/c1-9-7-11(10-5-3-2-4-6-10)8-19(16(9)23)27-18-14(22)12(20)13(21)15(26-18)17(24)25/h7-8,10,12-15,18,20-22H,2-6H2,1H3,(H,24,25)/t12?,13-,14-,15?,18-/m1/s1/i2D2,3D2,4D2,5D2,6D2,10D. The molecule has 0 aromatic carbocycles. The van der Waals surface area contributed by atoms with Gasteiger partial charge in [-0.1, -0.05) is 19.1 Å². The second-order valence-electron chi connectivity index (χ2n) is 5.88. The van der Waals surface area contributed by atoms with Crippen LogP contribution in [0.2, 0.25) is 0 Å². The average Bonchev–Trinajstić information content (AvgIpc) is 2.79. The summed E-state index contributed by atoms with van der Waals surface area (Å²) in [6.07, 6.45) is -29.2. The first-order chi connectivity index (χ1) is 16.9. The van der Waals surface area contributed by atoms with E-state index in [1.807, 2.05) is 0 Å². The summed E-state index contributed by atoms with van der Waals surface area (Å²) in [5.41, 5.74) is -2.37. The monoisotopic (exact) mass is 394 g/mol. The molecule has 1 aliphatic carbocycles. The van der Waals surface area contributed by atoms with Crippen molar-refractivity contribution >= 4 is 5.97 Å². The Morgan fingerprint density at radius 3 is 2.56 bits per heavy atom. The van der Waals surface area contributed by atoms with Gasteiger partial charge in [0.05, 0.1) is 6.20 Å². The lowest BCUT2D eigenvalue weighted by molar-refractivity contribution is -0.294. The van der Waals surface area contributed by atoms with E-state index in [1.165, 1.54) is 0 Å². The number of carboxylic acid groups (broad SMARTS) is 1. The van der Waals surface area contributed by atoms with Gasteiger partial charge < -0.3 is 30.0 Å². The van der Waals surface area contributed by atoms with Crippen LogP contribution in [0.3, 0.4) is 0 Å². The van der Waals surface area contributed by atoms with E-state index in [9.17, 15) is 30.0 Å². The quantitative estimate of drug-likeness (QED) is 0.537. The Balaban J connectivity index is 2.22. The Morgan fingerprint density at radius 2 is 1.93 bits per heavy atom. The fourth-order valence-corrected chi connectivity index (χ4v) is 2.55. The van der Waals surface area contributed by atoms with Crippen LogP contribution in [0.15, 0.2) is 17.1 Å². The molecule has 1 aromatic rings. The number of aromatic nitrogens is 1. The van der Waals surface area contributed by atoms with Gasteiger partial charge in [0.2, 0.25) is 0 Å². The minimum Gasteiger partial charge on any atom is -0.479 e. The summed E-state index contributed by atoms with van der Waals surface area (Å²) in [5, 5.41) is 39.2. The number of rotatable bonds is 4. The predicted octanol–water partition coefficient (Wildman–Crippen LogP) is -0.475. The van der Waals surface area contributed by atoms with Crippen LogP contribution >= 0.6 is 0 Å². The van der Waals surface area contributed by atoms with Gasteiger partial charge >= 0.3 is 5.97 Å². The number of hydrogen-bond acceptors (Lipinski definition) is 7. The van der Waals surface area contributed by atoms with Gasteiger partial charge in [0, 0.05) is 20.6 Å². The number of hydrogen-bond donors (Lipinski definition) is 4. The van der Waals surface area contributed by atoms with E-state index in [-0.39, 0.29) is 4.73 Å². The van der Waals surface area contributed by atoms with Crippen molar-refractivity contribution in [3.05, 3.63) is 33.7 Å². The third-order valence-electron chi connectivity index (χ3n) is 3.98. The maximum Gasteiger partial charge on any atom is 0.335 e. The molecule has 3 rings (SSSR count). The lowest BCUT2D eigenvalue weighted by atomic mass is 9.84. The molecule has 2 heterocycles. The number of carboxylic acids is 1. The summed E-state index contributed by atoms with van der Waals surface area (Å²) in [4.78, 5) is 29.2. The first-order valence-electron chi connectivity index (χ1n) is 13.3. The van der Waals surface area contributed by atoms with Gasteiger partial charge in [-0.3, -0.25) is 4.79 Å². The highest BCUT2D eigenvalue weighted by molar-refractivity contribution is 5.73. The van der Waals surface area contributed by atoms with Crippen LogP contribution in [0.1, 0.15) is 64.0 Å². The summed E-state index contributed by atoms with van der Waals surface area (Å²) in [6.45, 7) is 1.09. The molecule has 5 atom stereocenters. The van der Waals surface area contributed by atoms with Crippen molar-refractivity contribution in [3.8, 4) is 0 Å². The zero-order chi connectivity index (χ0) is 29.6.